The van der Waals surface area contributed by atoms with Crippen LogP contribution in [0.25, 0.3) is 33.0 Å². The van der Waals surface area contributed by atoms with Crippen LogP contribution in [0.2, 0.25) is 0 Å². The maximum Gasteiger partial charge on any atom is 0.0117 e. The highest BCUT2D eigenvalue weighted by molar-refractivity contribution is 6.14. The van der Waals surface area contributed by atoms with E-state index in [1.807, 2.05) is 0 Å². The average Bonchev–Trinajstić information content (AvgIpc) is 2.81. The largest absolute Gasteiger partial charge is 0.357 e. The van der Waals surface area contributed by atoms with Gasteiger partial charge in [0.05, 0.1) is 0 Å². The van der Waals surface area contributed by atoms with Crippen molar-refractivity contribution in [1.29, 1.82) is 0 Å². The number of rotatable bonds is 1. The molecule has 0 aromatic heterocycles. The summed E-state index contributed by atoms with van der Waals surface area (Å²) in [4.78, 5) is 0. The summed E-state index contributed by atoms with van der Waals surface area (Å²) in [6.45, 7) is 0. The van der Waals surface area contributed by atoms with Crippen LogP contribution in [0, 0.1) is 0 Å². The van der Waals surface area contributed by atoms with Gasteiger partial charge in [0.2, 0.25) is 0 Å². The van der Waals surface area contributed by atoms with Gasteiger partial charge >= 0.3 is 0 Å². The molecular weight excluding hydrogens is 242 g/mol. The maximum atomic E-state index is 2.22. The summed E-state index contributed by atoms with van der Waals surface area (Å²) in [5.74, 6) is 0. The van der Waals surface area contributed by atoms with Crippen LogP contribution in [0.4, 0.5) is 0 Å². The number of hydrogen-bond acceptors (Lipinski definition) is 0. The van der Waals surface area contributed by atoms with Crippen molar-refractivity contribution in [2.45, 2.75) is 0 Å². The highest BCUT2D eigenvalue weighted by atomic mass is 14.9. The van der Waals surface area contributed by atoms with Crippen LogP contribution in [0.5, 0.6) is 0 Å². The predicted octanol–water partition coefficient (Wildman–Crippen LogP) is 4.95. The van der Waals surface area contributed by atoms with Gasteiger partial charge in [-0.1, -0.05) is 54.6 Å². The van der Waals surface area contributed by atoms with Crippen LogP contribution in [0.15, 0.2) is 73.1 Å². The van der Waals surface area contributed by atoms with Crippen LogP contribution >= 0.6 is 0 Å². The van der Waals surface area contributed by atoms with Gasteiger partial charge in [0.25, 0.3) is 0 Å². The highest BCUT2D eigenvalue weighted by Crippen LogP contribution is 2.44. The van der Waals surface area contributed by atoms with E-state index in [-0.39, 0.29) is 0 Å². The Morgan fingerprint density at radius 3 is 2.20 bits per heavy atom. The number of benzene rings is 2. The Morgan fingerprint density at radius 1 is 0.700 bits per heavy atom. The van der Waals surface area contributed by atoms with Gasteiger partial charge in [0.1, 0.15) is 0 Å². The molecule has 0 radical (unpaired) electrons. The molecule has 0 saturated carbocycles. The van der Waals surface area contributed by atoms with Crippen molar-refractivity contribution in [3.63, 3.8) is 0 Å². The van der Waals surface area contributed by atoms with Crippen molar-refractivity contribution in [3.05, 3.63) is 73.1 Å². The molecule has 1 aliphatic carbocycles. The summed E-state index contributed by atoms with van der Waals surface area (Å²) in [6.07, 6.45) is 4.33. The van der Waals surface area contributed by atoms with Gasteiger partial charge in [0.15, 0.2) is 0 Å². The Labute approximate surface area is 118 Å². The summed E-state index contributed by atoms with van der Waals surface area (Å²) in [6, 6.07) is 21.5. The molecule has 0 fully saturated rings. The molecule has 0 bridgehead atoms. The zero-order chi connectivity index (χ0) is 13.5. The first-order chi connectivity index (χ1) is 9.84. The molecule has 1 heteroatoms. The average molecular weight is 257 g/mol. The van der Waals surface area contributed by atoms with E-state index in [0.29, 0.717) is 0 Å². The lowest BCUT2D eigenvalue weighted by Crippen LogP contribution is -1.90. The van der Waals surface area contributed by atoms with Crippen LogP contribution < -0.4 is 0 Å². The Morgan fingerprint density at radius 2 is 1.40 bits per heavy atom. The summed E-state index contributed by atoms with van der Waals surface area (Å²) >= 11 is 0. The molecule has 0 amide bonds. The van der Waals surface area contributed by atoms with Crippen LogP contribution in [-0.4, -0.2) is 4.57 Å². The van der Waals surface area contributed by atoms with E-state index in [1.54, 1.807) is 0 Å². The summed E-state index contributed by atoms with van der Waals surface area (Å²) < 4.78 is 2.12. The number of pyridine rings is 1. The number of aromatic nitrogens is 1. The first-order valence-corrected chi connectivity index (χ1v) is 6.86. The predicted molar refractivity (Wildman–Crippen MR) is 85.0 cm³/mol. The maximum absolute atomic E-state index is 2.22. The third-order valence-electron chi connectivity index (χ3n) is 3.92. The van der Waals surface area contributed by atoms with Crippen molar-refractivity contribution in [2.24, 2.45) is 7.05 Å². The molecule has 1 heterocycles. The third kappa shape index (κ3) is 1.56. The van der Waals surface area contributed by atoms with Crippen LogP contribution in [0.3, 0.4) is 0 Å². The summed E-state index contributed by atoms with van der Waals surface area (Å²) in [5, 5.41) is 2.67. The minimum atomic E-state index is 1.28. The summed E-state index contributed by atoms with van der Waals surface area (Å²) in [5.41, 5.74) is 5.28. The zero-order valence-corrected chi connectivity index (χ0v) is 11.4. The van der Waals surface area contributed by atoms with Crippen LogP contribution in [0.1, 0.15) is 0 Å². The van der Waals surface area contributed by atoms with Gasteiger partial charge in [-0.05, 0) is 33.5 Å². The third-order valence-corrected chi connectivity index (χ3v) is 3.92. The fourth-order valence-electron chi connectivity index (χ4n) is 3.03. The van der Waals surface area contributed by atoms with Crippen molar-refractivity contribution in [1.82, 2.24) is 4.57 Å². The first kappa shape index (κ1) is 11.3. The Kier molecular flexibility index (Phi) is 2.40. The molecule has 0 atom stereocenters. The number of nitrogens with zero attached hydrogens (tertiary/aromatic N) is 1. The van der Waals surface area contributed by atoms with E-state index in [2.05, 4.69) is 84.7 Å². The lowest BCUT2D eigenvalue weighted by molar-refractivity contribution is 0.907. The molecule has 0 saturated heterocycles. The number of aryl methyl sites for hydroxylation is 1. The molecule has 2 aromatic rings. The standard InChI is InChI=1S/C19H15N/c1-20-12-11-16-15-9-5-6-10-17(15)19(18(16)13-20)14-7-3-2-4-8-14/h2-13H,1H3. The molecule has 0 unspecified atom stereocenters. The van der Waals surface area contributed by atoms with Gasteiger partial charge in [-0.2, -0.15) is 0 Å². The molecule has 0 spiro atoms. The minimum Gasteiger partial charge on any atom is -0.357 e. The quantitative estimate of drug-likeness (QED) is 0.454. The number of fused-ring (bicyclic) bond motifs is 3. The Hall–Kier alpha value is -2.54. The normalized spacial score (nSPS) is 11.2. The Bertz CT molecular complexity index is 856. The molecule has 1 nitrogen and oxygen atoms in total. The van der Waals surface area contributed by atoms with Gasteiger partial charge in [-0.25, -0.2) is 0 Å². The molecular formula is C19H15N. The van der Waals surface area contributed by atoms with Gasteiger partial charge in [-0.3, -0.25) is 0 Å². The topological polar surface area (TPSA) is 4.93 Å². The second kappa shape index (κ2) is 4.24. The van der Waals surface area contributed by atoms with Crippen molar-refractivity contribution in [2.75, 3.05) is 0 Å². The van der Waals surface area contributed by atoms with Gasteiger partial charge in [0, 0.05) is 25.0 Å². The van der Waals surface area contributed by atoms with Gasteiger partial charge < -0.3 is 4.57 Å². The van der Waals surface area contributed by atoms with Crippen molar-refractivity contribution >= 4 is 10.8 Å². The van der Waals surface area contributed by atoms with E-state index in [1.165, 1.54) is 33.0 Å². The highest BCUT2D eigenvalue weighted by Gasteiger charge is 2.18. The molecule has 96 valence electrons. The zero-order valence-electron chi connectivity index (χ0n) is 11.4. The van der Waals surface area contributed by atoms with E-state index < -0.39 is 0 Å². The smallest absolute Gasteiger partial charge is 0.0117 e. The van der Waals surface area contributed by atoms with E-state index in [4.69, 9.17) is 0 Å². The van der Waals surface area contributed by atoms with E-state index in [0.717, 1.165) is 0 Å². The fourth-order valence-corrected chi connectivity index (χ4v) is 3.03. The van der Waals surface area contributed by atoms with Crippen LogP contribution in [-0.2, 0) is 7.05 Å². The van der Waals surface area contributed by atoms with Crippen molar-refractivity contribution < 1.29 is 0 Å². The summed E-state index contributed by atoms with van der Waals surface area (Å²) in [7, 11) is 2.08. The second-order valence-electron chi connectivity index (χ2n) is 5.22. The lowest BCUT2D eigenvalue weighted by Gasteiger charge is -2.07. The molecule has 4 rings (SSSR count). The molecule has 2 aromatic carbocycles. The minimum absolute atomic E-state index is 1.28. The fraction of sp³-hybridized carbons (Fsp3) is 0.0526. The lowest BCUT2D eigenvalue weighted by atomic mass is 10.0. The Balaban J connectivity index is 2.19. The molecule has 20 heavy (non-hydrogen) atoms. The SMILES string of the molecule is Cn1ccc2c3ccccc3c(-c3ccccc3)c-2c1. The van der Waals surface area contributed by atoms with E-state index in [9.17, 15) is 0 Å². The van der Waals surface area contributed by atoms with Crippen molar-refractivity contribution in [3.8, 4) is 22.3 Å². The second-order valence-corrected chi connectivity index (χ2v) is 5.22. The monoisotopic (exact) mass is 257 g/mol. The molecule has 1 aliphatic heterocycles. The van der Waals surface area contributed by atoms with Gasteiger partial charge in [-0.15, -0.1) is 0 Å². The number of hydrogen-bond donors (Lipinski definition) is 0. The van der Waals surface area contributed by atoms with E-state index >= 15 is 0 Å². The molecule has 2 aliphatic rings. The first-order valence-electron chi connectivity index (χ1n) is 6.86. The molecule has 0 N–H and O–H groups in total.